The quantitative estimate of drug-likeness (QED) is 0.562. The van der Waals surface area contributed by atoms with E-state index in [9.17, 15) is 0 Å². The van der Waals surface area contributed by atoms with E-state index in [0.29, 0.717) is 0 Å². The number of nitrogens with zero attached hydrogens (tertiary/aromatic N) is 1. The molecule has 0 aromatic carbocycles. The van der Waals surface area contributed by atoms with Crippen molar-refractivity contribution in [2.24, 2.45) is 0 Å². The summed E-state index contributed by atoms with van der Waals surface area (Å²) < 4.78 is 4.78. The minimum atomic E-state index is 0.913. The van der Waals surface area contributed by atoms with E-state index in [0.717, 1.165) is 6.61 Å². The van der Waals surface area contributed by atoms with Gasteiger partial charge in [0.15, 0.2) is 0 Å². The molecule has 0 rings (SSSR count). The van der Waals surface area contributed by atoms with Crippen LogP contribution >= 0.6 is 0 Å². The van der Waals surface area contributed by atoms with Crippen LogP contribution in [0.3, 0.4) is 0 Å². The van der Waals surface area contributed by atoms with Gasteiger partial charge in [0.05, 0.1) is 0 Å². The van der Waals surface area contributed by atoms with Crippen molar-refractivity contribution in [1.29, 1.82) is 0 Å². The molecule has 0 aliphatic carbocycles. The van der Waals surface area contributed by atoms with Crippen LogP contribution in [0.5, 0.6) is 0 Å². The molecule has 0 bridgehead atoms. The average Bonchev–Trinajstić information content (AvgIpc) is 1.82. The first-order valence-electron chi connectivity index (χ1n) is 3.75. The molecule has 0 saturated heterocycles. The molecule has 0 saturated carbocycles. The third-order valence-electron chi connectivity index (χ3n) is 0.702. The largest absolute Gasteiger partial charge is 0.385 e. The Hall–Kier alpha value is -0.0800. The fourth-order valence-electron chi connectivity index (χ4n) is 0.289. The standard InChI is InChI=1S/C5H12O.C3H9N/c1-3-4-5-6-2;1-4(2)3/h3-5H2,1-2H3;1-3H3. The molecule has 0 radical (unpaired) electrons. The second-order valence-electron chi connectivity index (χ2n) is 2.69. The summed E-state index contributed by atoms with van der Waals surface area (Å²) in [5.74, 6) is 0. The number of rotatable bonds is 3. The van der Waals surface area contributed by atoms with Gasteiger partial charge in [-0.25, -0.2) is 0 Å². The van der Waals surface area contributed by atoms with E-state index in [1.807, 2.05) is 26.0 Å². The number of hydrogen-bond acceptors (Lipinski definition) is 2. The van der Waals surface area contributed by atoms with Gasteiger partial charge in [-0.3, -0.25) is 0 Å². The average molecular weight is 147 g/mol. The highest BCUT2D eigenvalue weighted by Crippen LogP contribution is 1.83. The molecule has 0 aliphatic heterocycles. The molecule has 2 heteroatoms. The Morgan fingerprint density at radius 3 is 1.70 bits per heavy atom. The third kappa shape index (κ3) is 44.5. The van der Waals surface area contributed by atoms with Gasteiger partial charge in [0.2, 0.25) is 0 Å². The zero-order chi connectivity index (χ0) is 8.41. The molecule has 0 unspecified atom stereocenters. The van der Waals surface area contributed by atoms with E-state index in [-0.39, 0.29) is 0 Å². The normalized spacial score (nSPS) is 9.00. The molecule has 0 aromatic heterocycles. The van der Waals surface area contributed by atoms with Gasteiger partial charge in [0.1, 0.15) is 0 Å². The van der Waals surface area contributed by atoms with Gasteiger partial charge < -0.3 is 9.64 Å². The number of unbranched alkanes of at least 4 members (excludes halogenated alkanes) is 1. The van der Waals surface area contributed by atoms with E-state index >= 15 is 0 Å². The summed E-state index contributed by atoms with van der Waals surface area (Å²) in [5.41, 5.74) is 0. The van der Waals surface area contributed by atoms with Gasteiger partial charge in [-0.15, -0.1) is 0 Å². The molecule has 0 N–H and O–H groups in total. The lowest BCUT2D eigenvalue weighted by molar-refractivity contribution is 0.194. The number of hydrogen-bond donors (Lipinski definition) is 0. The van der Waals surface area contributed by atoms with Crippen LogP contribution in [0.25, 0.3) is 0 Å². The third-order valence-corrected chi connectivity index (χ3v) is 0.702. The van der Waals surface area contributed by atoms with Crippen molar-refractivity contribution in [2.45, 2.75) is 19.8 Å². The van der Waals surface area contributed by atoms with Crippen molar-refractivity contribution >= 4 is 0 Å². The first-order valence-corrected chi connectivity index (χ1v) is 3.75. The molecule has 64 valence electrons. The molecule has 0 heterocycles. The maximum Gasteiger partial charge on any atom is 0.0462 e. The summed E-state index contributed by atoms with van der Waals surface area (Å²) in [4.78, 5) is 2.00. The molecular formula is C8H21NO. The van der Waals surface area contributed by atoms with E-state index in [4.69, 9.17) is 4.74 Å². The second kappa shape index (κ2) is 11.7. The van der Waals surface area contributed by atoms with Crippen molar-refractivity contribution in [3.8, 4) is 0 Å². The zero-order valence-corrected chi connectivity index (χ0v) is 7.98. The van der Waals surface area contributed by atoms with Crippen LogP contribution < -0.4 is 0 Å². The molecule has 2 nitrogen and oxygen atoms in total. The molecule has 0 atom stereocenters. The Labute approximate surface area is 65.2 Å². The smallest absolute Gasteiger partial charge is 0.0462 e. The highest BCUT2D eigenvalue weighted by atomic mass is 16.5. The lowest BCUT2D eigenvalue weighted by Crippen LogP contribution is -1.99. The van der Waals surface area contributed by atoms with Gasteiger partial charge in [0, 0.05) is 13.7 Å². The predicted octanol–water partition coefficient (Wildman–Crippen LogP) is 1.61. The Bertz CT molecular complexity index is 39.8. The fraction of sp³-hybridized carbons (Fsp3) is 1.00. The van der Waals surface area contributed by atoms with Gasteiger partial charge in [-0.1, -0.05) is 13.3 Å². The predicted molar refractivity (Wildman–Crippen MR) is 46.4 cm³/mol. The van der Waals surface area contributed by atoms with Crippen molar-refractivity contribution in [3.63, 3.8) is 0 Å². The van der Waals surface area contributed by atoms with Crippen LogP contribution in [-0.4, -0.2) is 39.8 Å². The summed E-state index contributed by atoms with van der Waals surface area (Å²) in [6, 6.07) is 0. The monoisotopic (exact) mass is 147 g/mol. The van der Waals surface area contributed by atoms with Gasteiger partial charge >= 0.3 is 0 Å². The van der Waals surface area contributed by atoms with Crippen LogP contribution in [0.2, 0.25) is 0 Å². The molecule has 10 heavy (non-hydrogen) atoms. The van der Waals surface area contributed by atoms with E-state index in [1.54, 1.807) is 7.11 Å². The first-order chi connectivity index (χ1) is 4.65. The van der Waals surface area contributed by atoms with Gasteiger partial charge in [-0.2, -0.15) is 0 Å². The molecule has 0 fully saturated rings. The SMILES string of the molecule is CCCCOC.CN(C)C. The minimum absolute atomic E-state index is 0.913. The van der Waals surface area contributed by atoms with E-state index < -0.39 is 0 Å². The van der Waals surface area contributed by atoms with Crippen molar-refractivity contribution in [3.05, 3.63) is 0 Å². The summed E-state index contributed by atoms with van der Waals surface area (Å²) in [7, 11) is 7.73. The topological polar surface area (TPSA) is 12.5 Å². The first kappa shape index (κ1) is 12.6. The van der Waals surface area contributed by atoms with Crippen LogP contribution in [0.4, 0.5) is 0 Å². The number of ether oxygens (including phenoxy) is 1. The lowest BCUT2D eigenvalue weighted by Gasteiger charge is -1.90. The summed E-state index contributed by atoms with van der Waals surface area (Å²) >= 11 is 0. The van der Waals surface area contributed by atoms with Crippen LogP contribution in [0.1, 0.15) is 19.8 Å². The van der Waals surface area contributed by atoms with E-state index in [1.165, 1.54) is 12.8 Å². The van der Waals surface area contributed by atoms with Gasteiger partial charge in [-0.05, 0) is 27.6 Å². The fourth-order valence-corrected chi connectivity index (χ4v) is 0.289. The van der Waals surface area contributed by atoms with E-state index in [2.05, 4.69) is 6.92 Å². The van der Waals surface area contributed by atoms with Crippen LogP contribution in [-0.2, 0) is 4.74 Å². The highest BCUT2D eigenvalue weighted by molar-refractivity contribution is 4.26. The number of methoxy groups -OCH3 is 1. The Kier molecular flexibility index (Phi) is 14.7. The van der Waals surface area contributed by atoms with Crippen molar-refractivity contribution in [1.82, 2.24) is 4.90 Å². The summed E-state index contributed by atoms with van der Waals surface area (Å²) in [6.45, 7) is 3.07. The molecule has 0 amide bonds. The maximum absolute atomic E-state index is 4.78. The molecule has 0 spiro atoms. The second-order valence-corrected chi connectivity index (χ2v) is 2.69. The zero-order valence-electron chi connectivity index (χ0n) is 7.98. The van der Waals surface area contributed by atoms with Crippen molar-refractivity contribution in [2.75, 3.05) is 34.9 Å². The minimum Gasteiger partial charge on any atom is -0.385 e. The molecular weight excluding hydrogens is 126 g/mol. The Morgan fingerprint density at radius 1 is 1.20 bits per heavy atom. The maximum atomic E-state index is 4.78. The van der Waals surface area contributed by atoms with Crippen molar-refractivity contribution < 1.29 is 4.74 Å². The molecule has 0 aliphatic rings. The van der Waals surface area contributed by atoms with Crippen LogP contribution in [0, 0.1) is 0 Å². The summed E-state index contributed by atoms with van der Waals surface area (Å²) in [5, 5.41) is 0. The Morgan fingerprint density at radius 2 is 1.60 bits per heavy atom. The highest BCUT2D eigenvalue weighted by Gasteiger charge is 1.74. The molecule has 0 aromatic rings. The lowest BCUT2D eigenvalue weighted by atomic mass is 10.4. The summed E-state index contributed by atoms with van der Waals surface area (Å²) in [6.07, 6.45) is 2.42. The Balaban J connectivity index is 0. The van der Waals surface area contributed by atoms with Crippen LogP contribution in [0.15, 0.2) is 0 Å². The van der Waals surface area contributed by atoms with Gasteiger partial charge in [0.25, 0.3) is 0 Å².